The highest BCUT2D eigenvalue weighted by Gasteiger charge is 2.29. The van der Waals surface area contributed by atoms with Crippen molar-refractivity contribution < 1.29 is 19.5 Å². The Kier molecular flexibility index (Phi) is 5.14. The van der Waals surface area contributed by atoms with Crippen LogP contribution < -0.4 is 11.1 Å². The van der Waals surface area contributed by atoms with Crippen molar-refractivity contribution in [2.75, 3.05) is 13.1 Å². The molecule has 0 aromatic carbocycles. The van der Waals surface area contributed by atoms with Crippen molar-refractivity contribution in [3.8, 4) is 0 Å². The molecule has 7 heteroatoms. The van der Waals surface area contributed by atoms with Crippen LogP contribution in [0.15, 0.2) is 0 Å². The maximum atomic E-state index is 12.0. The van der Waals surface area contributed by atoms with Crippen LogP contribution in [0.25, 0.3) is 0 Å². The zero-order valence-electron chi connectivity index (χ0n) is 11.3. The molecule has 0 bridgehead atoms. The molecule has 7 nitrogen and oxygen atoms in total. The van der Waals surface area contributed by atoms with E-state index in [1.807, 2.05) is 0 Å². The second kappa shape index (κ2) is 6.40. The topological polar surface area (TPSA) is 113 Å². The fourth-order valence-electron chi connectivity index (χ4n) is 2.02. The number of hydrogen-bond donors (Lipinski definition) is 3. The summed E-state index contributed by atoms with van der Waals surface area (Å²) in [6.45, 7) is 4.04. The van der Waals surface area contributed by atoms with E-state index in [9.17, 15) is 14.4 Å². The number of carbonyl (C=O) groups is 3. The van der Waals surface area contributed by atoms with E-state index in [1.165, 1.54) is 11.8 Å². The van der Waals surface area contributed by atoms with E-state index >= 15 is 0 Å². The summed E-state index contributed by atoms with van der Waals surface area (Å²) in [4.78, 5) is 35.4. The predicted octanol–water partition coefficient (Wildman–Crippen LogP) is 0.00250. The number of urea groups is 1. The summed E-state index contributed by atoms with van der Waals surface area (Å²) in [6, 6.07) is -0.814. The maximum absolute atomic E-state index is 12.0. The fourth-order valence-corrected chi connectivity index (χ4v) is 2.02. The van der Waals surface area contributed by atoms with Crippen LogP contribution >= 0.6 is 0 Å². The molecule has 1 aliphatic heterocycles. The van der Waals surface area contributed by atoms with Crippen LogP contribution in [0, 0.1) is 11.8 Å². The minimum Gasteiger partial charge on any atom is -0.481 e. The molecule has 0 aromatic heterocycles. The zero-order valence-corrected chi connectivity index (χ0v) is 11.3. The number of rotatable bonds is 4. The number of nitrogens with zero attached hydrogens (tertiary/aromatic N) is 1. The summed E-state index contributed by atoms with van der Waals surface area (Å²) in [5.41, 5.74) is 5.24. The van der Waals surface area contributed by atoms with Gasteiger partial charge in [-0.2, -0.15) is 0 Å². The van der Waals surface area contributed by atoms with Crippen molar-refractivity contribution >= 4 is 17.9 Å². The highest BCUT2D eigenvalue weighted by molar-refractivity contribution is 5.80. The quantitative estimate of drug-likeness (QED) is 0.668. The van der Waals surface area contributed by atoms with Gasteiger partial charge in [-0.05, 0) is 26.7 Å². The molecule has 3 amide bonds. The summed E-state index contributed by atoms with van der Waals surface area (Å²) >= 11 is 0. The number of piperidine rings is 1. The Bertz CT molecular complexity index is 372. The molecule has 3 atom stereocenters. The molecular weight excluding hydrogens is 250 g/mol. The van der Waals surface area contributed by atoms with Gasteiger partial charge in [0.15, 0.2) is 0 Å². The Morgan fingerprint density at radius 1 is 1.37 bits per heavy atom. The van der Waals surface area contributed by atoms with Gasteiger partial charge in [-0.3, -0.25) is 9.59 Å². The summed E-state index contributed by atoms with van der Waals surface area (Å²) in [5, 5.41) is 11.5. The zero-order chi connectivity index (χ0) is 14.6. The highest BCUT2D eigenvalue weighted by atomic mass is 16.4. The van der Waals surface area contributed by atoms with Gasteiger partial charge in [-0.25, -0.2) is 4.79 Å². The third-order valence-corrected chi connectivity index (χ3v) is 3.60. The van der Waals surface area contributed by atoms with Gasteiger partial charge in [0.25, 0.3) is 0 Å². The fraction of sp³-hybridized carbons (Fsp3) is 0.750. The number of carboxylic acids is 1. The number of carboxylic acid groups (broad SMARTS) is 1. The Hall–Kier alpha value is -1.79. The van der Waals surface area contributed by atoms with Crippen LogP contribution in [0.2, 0.25) is 0 Å². The largest absolute Gasteiger partial charge is 0.481 e. The number of primary amides is 1. The second-order valence-corrected chi connectivity index (χ2v) is 5.05. The molecular formula is C12H21N3O4. The van der Waals surface area contributed by atoms with E-state index in [-0.39, 0.29) is 11.9 Å². The predicted molar refractivity (Wildman–Crippen MR) is 68.3 cm³/mol. The molecule has 1 saturated heterocycles. The van der Waals surface area contributed by atoms with Crippen molar-refractivity contribution in [1.29, 1.82) is 0 Å². The van der Waals surface area contributed by atoms with E-state index in [0.29, 0.717) is 19.5 Å². The van der Waals surface area contributed by atoms with E-state index in [4.69, 9.17) is 10.8 Å². The third kappa shape index (κ3) is 4.11. The molecule has 1 aliphatic rings. The molecule has 19 heavy (non-hydrogen) atoms. The van der Waals surface area contributed by atoms with E-state index < -0.39 is 23.8 Å². The van der Waals surface area contributed by atoms with Gasteiger partial charge in [-0.15, -0.1) is 0 Å². The number of nitrogens with one attached hydrogen (secondary N) is 1. The number of nitrogens with two attached hydrogens (primary N) is 1. The van der Waals surface area contributed by atoms with Crippen molar-refractivity contribution in [3.63, 3.8) is 0 Å². The number of likely N-dealkylation sites (tertiary alicyclic amines) is 1. The lowest BCUT2D eigenvalue weighted by Gasteiger charge is -2.32. The molecule has 1 rings (SSSR count). The van der Waals surface area contributed by atoms with Crippen LogP contribution in [-0.4, -0.2) is 47.0 Å². The summed E-state index contributed by atoms with van der Waals surface area (Å²) < 4.78 is 0. The Morgan fingerprint density at radius 2 is 2.00 bits per heavy atom. The molecule has 0 radical (unpaired) electrons. The molecule has 0 aliphatic carbocycles. The van der Waals surface area contributed by atoms with Gasteiger partial charge in [0, 0.05) is 19.1 Å². The van der Waals surface area contributed by atoms with Crippen molar-refractivity contribution in [3.05, 3.63) is 0 Å². The molecule has 0 spiro atoms. The highest BCUT2D eigenvalue weighted by Crippen LogP contribution is 2.16. The lowest BCUT2D eigenvalue weighted by molar-refractivity contribution is -0.141. The minimum atomic E-state index is -0.957. The summed E-state index contributed by atoms with van der Waals surface area (Å²) in [5.74, 6) is -2.33. The summed E-state index contributed by atoms with van der Waals surface area (Å²) in [6.07, 6.45) is 1.42. The number of hydrogen-bond acceptors (Lipinski definition) is 3. The number of aliphatic carboxylic acids is 1. The Labute approximate surface area is 112 Å². The van der Waals surface area contributed by atoms with Crippen molar-refractivity contribution in [2.45, 2.75) is 32.7 Å². The average molecular weight is 271 g/mol. The van der Waals surface area contributed by atoms with Crippen molar-refractivity contribution in [2.24, 2.45) is 17.6 Å². The molecule has 108 valence electrons. The van der Waals surface area contributed by atoms with Gasteiger partial charge < -0.3 is 21.1 Å². The lowest BCUT2D eigenvalue weighted by Crippen LogP contribution is -2.51. The second-order valence-electron chi connectivity index (χ2n) is 5.05. The first-order valence-corrected chi connectivity index (χ1v) is 6.40. The number of carbonyl (C=O) groups excluding carboxylic acids is 2. The Morgan fingerprint density at radius 3 is 2.53 bits per heavy atom. The molecule has 0 saturated carbocycles. The first-order valence-electron chi connectivity index (χ1n) is 6.40. The molecule has 4 N–H and O–H groups in total. The van der Waals surface area contributed by atoms with Crippen LogP contribution in [0.3, 0.4) is 0 Å². The van der Waals surface area contributed by atoms with Crippen molar-refractivity contribution in [1.82, 2.24) is 10.2 Å². The van der Waals surface area contributed by atoms with Crippen LogP contribution in [0.1, 0.15) is 26.7 Å². The molecule has 1 fully saturated rings. The number of amides is 3. The van der Waals surface area contributed by atoms with E-state index in [1.54, 1.807) is 6.92 Å². The van der Waals surface area contributed by atoms with Crippen LogP contribution in [0.5, 0.6) is 0 Å². The van der Waals surface area contributed by atoms with Gasteiger partial charge in [0.1, 0.15) is 0 Å². The first-order chi connectivity index (χ1) is 8.82. The van der Waals surface area contributed by atoms with Gasteiger partial charge >= 0.3 is 12.0 Å². The minimum absolute atomic E-state index is 0.301. The Balaban J connectivity index is 2.53. The monoisotopic (exact) mass is 271 g/mol. The first kappa shape index (κ1) is 15.3. The summed E-state index contributed by atoms with van der Waals surface area (Å²) in [7, 11) is 0. The molecule has 3 unspecified atom stereocenters. The third-order valence-electron chi connectivity index (χ3n) is 3.60. The van der Waals surface area contributed by atoms with Gasteiger partial charge in [0.2, 0.25) is 5.91 Å². The standard InChI is InChI=1S/C12H21N3O4/c1-7(11(17)18)8(2)14-12(19)15-5-3-4-9(6-15)10(13)16/h7-9H,3-6H2,1-2H3,(H2,13,16)(H,14,19)(H,17,18). The average Bonchev–Trinajstić information content (AvgIpc) is 2.37. The van der Waals surface area contributed by atoms with E-state index in [0.717, 1.165) is 6.42 Å². The molecule has 0 aromatic rings. The van der Waals surface area contributed by atoms with Crippen LogP contribution in [0.4, 0.5) is 4.79 Å². The normalized spacial score (nSPS) is 22.4. The SMILES string of the molecule is CC(NC(=O)N1CCCC(C(N)=O)C1)C(C)C(=O)O. The smallest absolute Gasteiger partial charge is 0.317 e. The van der Waals surface area contributed by atoms with Gasteiger partial charge in [0.05, 0.1) is 11.8 Å². The maximum Gasteiger partial charge on any atom is 0.317 e. The molecule has 1 heterocycles. The van der Waals surface area contributed by atoms with Gasteiger partial charge in [-0.1, -0.05) is 0 Å². The van der Waals surface area contributed by atoms with Crippen LogP contribution in [-0.2, 0) is 9.59 Å². The van der Waals surface area contributed by atoms with E-state index in [2.05, 4.69) is 5.32 Å². The lowest BCUT2D eigenvalue weighted by atomic mass is 9.98.